The van der Waals surface area contributed by atoms with Gasteiger partial charge in [0.05, 0.1) is 24.7 Å². The molecule has 156 valence electrons. The molecule has 4 rings (SSSR count). The molecule has 3 aromatic rings. The number of hydrogen-bond donors (Lipinski definition) is 1. The summed E-state index contributed by atoms with van der Waals surface area (Å²) in [6, 6.07) is 7.29. The van der Waals surface area contributed by atoms with Crippen molar-refractivity contribution in [3.63, 3.8) is 0 Å². The lowest BCUT2D eigenvalue weighted by Gasteiger charge is -2.19. The zero-order valence-corrected chi connectivity index (χ0v) is 16.1. The fraction of sp³-hybridized carbons (Fsp3) is 0.238. The largest absolute Gasteiger partial charge is 0.343 e. The van der Waals surface area contributed by atoms with Gasteiger partial charge in [0.2, 0.25) is 5.91 Å². The smallest absolute Gasteiger partial charge is 0.268 e. The van der Waals surface area contributed by atoms with Gasteiger partial charge in [-0.3, -0.25) is 14.6 Å². The third kappa shape index (κ3) is 4.02. The Morgan fingerprint density at radius 3 is 2.81 bits per heavy atom. The van der Waals surface area contributed by atoms with E-state index < -0.39 is 43.3 Å². The maximum Gasteiger partial charge on any atom is 0.268 e. The van der Waals surface area contributed by atoms with Gasteiger partial charge in [-0.25, -0.2) is 18.7 Å². The summed E-state index contributed by atoms with van der Waals surface area (Å²) in [4.78, 5) is 38.5. The van der Waals surface area contributed by atoms with E-state index in [9.17, 15) is 18.4 Å². The van der Waals surface area contributed by atoms with Crippen molar-refractivity contribution in [2.24, 2.45) is 0 Å². The molecular formula is C21H16F2N6O2. The number of nitrogens with one attached hydrogen (secondary N) is 1. The molecular weight excluding hydrogens is 406 g/mol. The highest BCUT2D eigenvalue weighted by Crippen LogP contribution is 2.32. The van der Waals surface area contributed by atoms with E-state index in [4.69, 9.17) is 5.26 Å². The topological polar surface area (TPSA) is 112 Å². The number of aromatic nitrogens is 3. The van der Waals surface area contributed by atoms with E-state index in [-0.39, 0.29) is 5.56 Å². The summed E-state index contributed by atoms with van der Waals surface area (Å²) in [6.45, 7) is -1.34. The maximum atomic E-state index is 13.6. The van der Waals surface area contributed by atoms with Gasteiger partial charge >= 0.3 is 0 Å². The molecule has 10 heteroatoms. The maximum absolute atomic E-state index is 13.6. The van der Waals surface area contributed by atoms with Crippen molar-refractivity contribution in [1.29, 1.82) is 5.26 Å². The summed E-state index contributed by atoms with van der Waals surface area (Å²) in [5, 5.41) is 12.2. The standard InChI is InChI=1S/C21H16F2N6O2/c22-21(23)8-13(9-24)29(12-21)18(30)11-28-20(31)16-3-6-25-10-17(16)14-4-7-27-19-15(14)2-1-5-26-19/h1-7,10,13H,8,11-12H2,(H,28,31). The Hall–Kier alpha value is -4.00. The van der Waals surface area contributed by atoms with Crippen molar-refractivity contribution in [3.05, 3.63) is 54.6 Å². The summed E-state index contributed by atoms with van der Waals surface area (Å²) < 4.78 is 27.1. The van der Waals surface area contributed by atoms with Crippen LogP contribution in [-0.2, 0) is 4.79 Å². The molecule has 0 spiro atoms. The number of amides is 2. The van der Waals surface area contributed by atoms with Gasteiger partial charge in [0, 0.05) is 42.2 Å². The second-order valence-corrected chi connectivity index (χ2v) is 7.06. The molecule has 0 bridgehead atoms. The van der Waals surface area contributed by atoms with Gasteiger partial charge in [-0.1, -0.05) is 0 Å². The van der Waals surface area contributed by atoms with Gasteiger partial charge in [-0.05, 0) is 29.8 Å². The van der Waals surface area contributed by atoms with E-state index in [0.29, 0.717) is 16.8 Å². The van der Waals surface area contributed by atoms with Crippen molar-refractivity contribution >= 4 is 22.8 Å². The van der Waals surface area contributed by atoms with Crippen LogP contribution in [0.1, 0.15) is 16.8 Å². The van der Waals surface area contributed by atoms with Crippen LogP contribution in [-0.4, -0.2) is 56.7 Å². The van der Waals surface area contributed by atoms with Crippen LogP contribution in [0.3, 0.4) is 0 Å². The SMILES string of the molecule is N#CC1CC(F)(F)CN1C(=O)CNC(=O)c1ccncc1-c1ccnc2ncccc12. The van der Waals surface area contributed by atoms with Crippen LogP contribution < -0.4 is 5.32 Å². The average molecular weight is 422 g/mol. The van der Waals surface area contributed by atoms with Gasteiger partial charge < -0.3 is 10.2 Å². The molecule has 1 N–H and O–H groups in total. The van der Waals surface area contributed by atoms with Crippen LogP contribution in [0, 0.1) is 11.3 Å². The number of halogens is 2. The number of carbonyl (C=O) groups is 2. The second-order valence-electron chi connectivity index (χ2n) is 7.06. The number of alkyl halides is 2. The van der Waals surface area contributed by atoms with Crippen molar-refractivity contribution in [3.8, 4) is 17.2 Å². The Labute approximate surface area is 175 Å². The molecule has 1 saturated heterocycles. The minimum absolute atomic E-state index is 0.253. The highest BCUT2D eigenvalue weighted by molar-refractivity contribution is 6.05. The van der Waals surface area contributed by atoms with Gasteiger partial charge in [0.1, 0.15) is 6.04 Å². The van der Waals surface area contributed by atoms with Crippen LogP contribution in [0.5, 0.6) is 0 Å². The molecule has 3 aromatic heterocycles. The minimum atomic E-state index is -3.12. The molecule has 4 heterocycles. The lowest BCUT2D eigenvalue weighted by atomic mass is 9.99. The van der Waals surface area contributed by atoms with E-state index in [1.54, 1.807) is 30.6 Å². The summed E-state index contributed by atoms with van der Waals surface area (Å²) >= 11 is 0. The summed E-state index contributed by atoms with van der Waals surface area (Å²) in [6.07, 6.45) is 5.43. The summed E-state index contributed by atoms with van der Waals surface area (Å²) in [5.74, 6) is -4.43. The molecule has 0 radical (unpaired) electrons. The predicted octanol–water partition coefficient (Wildman–Crippen LogP) is 2.18. The molecule has 8 nitrogen and oxygen atoms in total. The van der Waals surface area contributed by atoms with Crippen molar-refractivity contribution in [2.45, 2.75) is 18.4 Å². The molecule has 0 aliphatic carbocycles. The van der Waals surface area contributed by atoms with Gasteiger partial charge in [0.25, 0.3) is 11.8 Å². The van der Waals surface area contributed by atoms with Crippen LogP contribution in [0.15, 0.2) is 49.1 Å². The first kappa shape index (κ1) is 20.3. The van der Waals surface area contributed by atoms with E-state index in [0.717, 1.165) is 10.3 Å². The molecule has 2 amide bonds. The molecule has 1 aliphatic rings. The molecule has 0 aromatic carbocycles. The van der Waals surface area contributed by atoms with E-state index in [1.807, 2.05) is 6.07 Å². The van der Waals surface area contributed by atoms with E-state index >= 15 is 0 Å². The lowest BCUT2D eigenvalue weighted by molar-refractivity contribution is -0.131. The molecule has 0 saturated carbocycles. The zero-order chi connectivity index (χ0) is 22.0. The van der Waals surface area contributed by atoms with Crippen molar-refractivity contribution in [2.75, 3.05) is 13.1 Å². The number of nitriles is 1. The van der Waals surface area contributed by atoms with Crippen LogP contribution in [0.25, 0.3) is 22.2 Å². The first-order valence-electron chi connectivity index (χ1n) is 9.39. The number of likely N-dealkylation sites (tertiary alicyclic amines) is 1. The van der Waals surface area contributed by atoms with Gasteiger partial charge in [0.15, 0.2) is 5.65 Å². The zero-order valence-electron chi connectivity index (χ0n) is 16.1. The fourth-order valence-corrected chi connectivity index (χ4v) is 3.57. The quantitative estimate of drug-likeness (QED) is 0.690. The first-order valence-corrected chi connectivity index (χ1v) is 9.39. The number of hydrogen-bond acceptors (Lipinski definition) is 6. The van der Waals surface area contributed by atoms with Crippen molar-refractivity contribution in [1.82, 2.24) is 25.2 Å². The third-order valence-electron chi connectivity index (χ3n) is 5.01. The third-order valence-corrected chi connectivity index (χ3v) is 5.01. The van der Waals surface area contributed by atoms with Crippen LogP contribution >= 0.6 is 0 Å². The van der Waals surface area contributed by atoms with E-state index in [2.05, 4.69) is 20.3 Å². The van der Waals surface area contributed by atoms with Crippen LogP contribution in [0.4, 0.5) is 8.78 Å². The number of nitrogens with zero attached hydrogens (tertiary/aromatic N) is 5. The normalized spacial score (nSPS) is 17.3. The Kier molecular flexibility index (Phi) is 5.25. The molecule has 1 atom stereocenters. The van der Waals surface area contributed by atoms with Crippen LogP contribution in [0.2, 0.25) is 0 Å². The predicted molar refractivity (Wildman–Crippen MR) is 106 cm³/mol. The first-order chi connectivity index (χ1) is 14.9. The highest BCUT2D eigenvalue weighted by Gasteiger charge is 2.47. The molecule has 1 fully saturated rings. The number of carbonyl (C=O) groups excluding carboxylic acids is 2. The fourth-order valence-electron chi connectivity index (χ4n) is 3.57. The number of pyridine rings is 3. The summed E-state index contributed by atoms with van der Waals surface area (Å²) in [5.41, 5.74) is 1.95. The monoisotopic (exact) mass is 422 g/mol. The molecule has 1 aliphatic heterocycles. The Morgan fingerprint density at radius 2 is 2.00 bits per heavy atom. The van der Waals surface area contributed by atoms with Crippen molar-refractivity contribution < 1.29 is 18.4 Å². The average Bonchev–Trinajstić information content (AvgIpc) is 3.11. The lowest BCUT2D eigenvalue weighted by Crippen LogP contribution is -2.43. The van der Waals surface area contributed by atoms with E-state index in [1.165, 1.54) is 18.5 Å². The Morgan fingerprint density at radius 1 is 1.19 bits per heavy atom. The van der Waals surface area contributed by atoms with Gasteiger partial charge in [-0.15, -0.1) is 0 Å². The highest BCUT2D eigenvalue weighted by atomic mass is 19.3. The molecule has 31 heavy (non-hydrogen) atoms. The number of fused-ring (bicyclic) bond motifs is 1. The minimum Gasteiger partial charge on any atom is -0.343 e. The summed E-state index contributed by atoms with van der Waals surface area (Å²) in [7, 11) is 0. The number of rotatable bonds is 4. The molecule has 1 unspecified atom stereocenters. The Balaban J connectivity index is 1.56. The Bertz CT molecular complexity index is 1200. The second kappa shape index (κ2) is 8.02. The van der Waals surface area contributed by atoms with Gasteiger partial charge in [-0.2, -0.15) is 5.26 Å².